The molecule has 2 aliphatic carbocycles. The van der Waals surface area contributed by atoms with Gasteiger partial charge in [0.05, 0.1) is 0 Å². The van der Waals surface area contributed by atoms with Gasteiger partial charge in [-0.05, 0) is 146 Å². The van der Waals surface area contributed by atoms with Crippen LogP contribution in [0.25, 0.3) is 99.1 Å². The summed E-state index contributed by atoms with van der Waals surface area (Å²) in [5.74, 6) is 0. The number of rotatable bonds is 4. The molecule has 0 radical (unpaired) electrons. The third-order valence-corrected chi connectivity index (χ3v) is 14.1. The fourth-order valence-corrected chi connectivity index (χ4v) is 11.0. The van der Waals surface area contributed by atoms with E-state index in [0.29, 0.717) is 0 Å². The molecule has 2 aliphatic rings. The van der Waals surface area contributed by atoms with E-state index in [4.69, 9.17) is 0 Å². The Hall–Kier alpha value is -7.02. The van der Waals surface area contributed by atoms with Gasteiger partial charge < -0.3 is 0 Å². The molecular formula is C60H44. The molecule has 0 saturated carbocycles. The van der Waals surface area contributed by atoms with E-state index in [2.05, 4.69) is 222 Å². The van der Waals surface area contributed by atoms with Gasteiger partial charge in [0, 0.05) is 10.8 Å². The summed E-state index contributed by atoms with van der Waals surface area (Å²) < 4.78 is 0. The van der Waals surface area contributed by atoms with Gasteiger partial charge in [0.1, 0.15) is 0 Å². The summed E-state index contributed by atoms with van der Waals surface area (Å²) in [7, 11) is 0. The molecule has 0 aromatic heterocycles. The molecule has 0 nitrogen and oxygen atoms in total. The van der Waals surface area contributed by atoms with Crippen LogP contribution in [0.15, 0.2) is 194 Å². The van der Waals surface area contributed by atoms with Crippen molar-refractivity contribution in [3.8, 4) is 66.8 Å². The topological polar surface area (TPSA) is 0 Å². The van der Waals surface area contributed by atoms with Crippen LogP contribution in [-0.4, -0.2) is 0 Å². The first kappa shape index (κ1) is 35.0. The zero-order valence-corrected chi connectivity index (χ0v) is 34.5. The van der Waals surface area contributed by atoms with Crippen molar-refractivity contribution < 1.29 is 0 Å². The molecule has 0 aliphatic heterocycles. The van der Waals surface area contributed by atoms with Crippen molar-refractivity contribution in [3.63, 3.8) is 0 Å². The molecule has 0 N–H and O–H groups in total. The number of hydrogen-bond acceptors (Lipinski definition) is 0. The Morgan fingerprint density at radius 2 is 0.783 bits per heavy atom. The van der Waals surface area contributed by atoms with Gasteiger partial charge in [-0.1, -0.05) is 198 Å². The first-order valence-electron chi connectivity index (χ1n) is 21.3. The Labute approximate surface area is 352 Å². The number of benzene rings is 10. The summed E-state index contributed by atoms with van der Waals surface area (Å²) in [6.45, 7) is 9.57. The smallest absolute Gasteiger partial charge is 0.0159 e. The standard InChI is InChI=1S/C60H44/c1-59(2)52-23-13-12-21-49(52)58-50(22-14-24-53(58)59)57-47-20-11-10-19-46(47)56(48-32-28-41(34-51(48)57)40-26-25-38-17-8-9-18-39(38)33-40)43-29-31-45-44-30-27-42(37-15-6-5-7-16-37)35-54(44)60(3,4)55(45)36-43/h5-36H,1-4H3. The van der Waals surface area contributed by atoms with Gasteiger partial charge in [0.2, 0.25) is 0 Å². The molecule has 0 fully saturated rings. The van der Waals surface area contributed by atoms with Gasteiger partial charge in [0.15, 0.2) is 0 Å². The molecule has 0 heterocycles. The SMILES string of the molecule is CC1(C)c2cc(-c3ccccc3)ccc2-c2ccc(-c3c4ccccc4c(-c4cccc5c4-c4ccccc4C5(C)C)c4cc(-c5ccc6ccccc6c5)ccc34)cc21. The van der Waals surface area contributed by atoms with E-state index in [9.17, 15) is 0 Å². The lowest BCUT2D eigenvalue weighted by molar-refractivity contribution is 0.660. The maximum Gasteiger partial charge on any atom is 0.0159 e. The van der Waals surface area contributed by atoms with E-state index in [0.717, 1.165) is 0 Å². The molecule has 0 unspecified atom stereocenters. The second kappa shape index (κ2) is 12.7. The molecule has 0 atom stereocenters. The molecular weight excluding hydrogens is 721 g/mol. The van der Waals surface area contributed by atoms with Crippen LogP contribution in [0.2, 0.25) is 0 Å². The van der Waals surface area contributed by atoms with Gasteiger partial charge in [-0.2, -0.15) is 0 Å². The predicted molar refractivity (Wildman–Crippen MR) is 256 cm³/mol. The fourth-order valence-electron chi connectivity index (χ4n) is 11.0. The summed E-state index contributed by atoms with van der Waals surface area (Å²) in [6, 6.07) is 73.1. The van der Waals surface area contributed by atoms with Crippen molar-refractivity contribution in [1.82, 2.24) is 0 Å². The predicted octanol–water partition coefficient (Wildman–Crippen LogP) is 16.4. The van der Waals surface area contributed by atoms with E-state index in [1.165, 1.54) is 121 Å². The van der Waals surface area contributed by atoms with Crippen LogP contribution in [0.5, 0.6) is 0 Å². The molecule has 284 valence electrons. The molecule has 60 heavy (non-hydrogen) atoms. The summed E-state index contributed by atoms with van der Waals surface area (Å²) in [5, 5.41) is 7.63. The van der Waals surface area contributed by atoms with Gasteiger partial charge in [0.25, 0.3) is 0 Å². The quantitative estimate of drug-likeness (QED) is 0.157. The minimum Gasteiger partial charge on any atom is -0.0622 e. The third kappa shape index (κ3) is 4.98. The second-order valence-corrected chi connectivity index (χ2v) is 18.0. The molecule has 10 aromatic carbocycles. The lowest BCUT2D eigenvalue weighted by Crippen LogP contribution is -2.15. The summed E-state index contributed by atoms with van der Waals surface area (Å²) >= 11 is 0. The van der Waals surface area contributed by atoms with Crippen molar-refractivity contribution in [2.45, 2.75) is 38.5 Å². The van der Waals surface area contributed by atoms with Gasteiger partial charge in [-0.3, -0.25) is 0 Å². The van der Waals surface area contributed by atoms with Gasteiger partial charge in [-0.25, -0.2) is 0 Å². The van der Waals surface area contributed by atoms with E-state index < -0.39 is 0 Å². The molecule has 0 saturated heterocycles. The minimum atomic E-state index is -0.162. The third-order valence-electron chi connectivity index (χ3n) is 14.1. The van der Waals surface area contributed by atoms with Crippen LogP contribution < -0.4 is 0 Å². The van der Waals surface area contributed by atoms with Crippen molar-refractivity contribution >= 4 is 32.3 Å². The first-order valence-corrected chi connectivity index (χ1v) is 21.3. The average Bonchev–Trinajstić information content (AvgIpc) is 3.67. The highest BCUT2D eigenvalue weighted by atomic mass is 14.4. The minimum absolute atomic E-state index is 0.0968. The average molecular weight is 765 g/mol. The maximum absolute atomic E-state index is 2.51. The van der Waals surface area contributed by atoms with Crippen LogP contribution in [0, 0.1) is 0 Å². The van der Waals surface area contributed by atoms with Gasteiger partial charge in [-0.15, -0.1) is 0 Å². The lowest BCUT2D eigenvalue weighted by Gasteiger charge is -2.24. The highest BCUT2D eigenvalue weighted by Gasteiger charge is 2.38. The van der Waals surface area contributed by atoms with E-state index in [1.54, 1.807) is 0 Å². The van der Waals surface area contributed by atoms with Crippen molar-refractivity contribution in [2.24, 2.45) is 0 Å². The molecule has 0 amide bonds. The molecule has 10 aromatic rings. The Bertz CT molecular complexity index is 3410. The number of fused-ring (bicyclic) bond motifs is 9. The van der Waals surface area contributed by atoms with Crippen molar-refractivity contribution in [1.29, 1.82) is 0 Å². The fraction of sp³-hybridized carbons (Fsp3) is 0.100. The van der Waals surface area contributed by atoms with Gasteiger partial charge >= 0.3 is 0 Å². The normalized spacial score (nSPS) is 14.3. The zero-order valence-electron chi connectivity index (χ0n) is 34.5. The Balaban J connectivity index is 1.13. The van der Waals surface area contributed by atoms with Crippen LogP contribution in [0.1, 0.15) is 49.9 Å². The second-order valence-electron chi connectivity index (χ2n) is 18.0. The molecule has 0 bridgehead atoms. The summed E-state index contributed by atoms with van der Waals surface area (Å²) in [5.41, 5.74) is 20.8. The number of hydrogen-bond donors (Lipinski definition) is 0. The van der Waals surface area contributed by atoms with Crippen molar-refractivity contribution in [3.05, 3.63) is 216 Å². The first-order chi connectivity index (χ1) is 29.3. The van der Waals surface area contributed by atoms with Crippen molar-refractivity contribution in [2.75, 3.05) is 0 Å². The van der Waals surface area contributed by atoms with Crippen LogP contribution >= 0.6 is 0 Å². The summed E-state index contributed by atoms with van der Waals surface area (Å²) in [4.78, 5) is 0. The van der Waals surface area contributed by atoms with E-state index in [1.807, 2.05) is 0 Å². The van der Waals surface area contributed by atoms with Crippen LogP contribution in [-0.2, 0) is 10.8 Å². The largest absolute Gasteiger partial charge is 0.0622 e. The molecule has 0 heteroatoms. The molecule has 0 spiro atoms. The molecule has 12 rings (SSSR count). The Morgan fingerprint density at radius 1 is 0.250 bits per heavy atom. The Morgan fingerprint density at radius 3 is 1.58 bits per heavy atom. The highest BCUT2D eigenvalue weighted by Crippen LogP contribution is 2.56. The van der Waals surface area contributed by atoms with E-state index in [-0.39, 0.29) is 10.8 Å². The maximum atomic E-state index is 2.51. The van der Waals surface area contributed by atoms with Crippen LogP contribution in [0.3, 0.4) is 0 Å². The zero-order chi connectivity index (χ0) is 40.3. The Kier molecular flexibility index (Phi) is 7.42. The monoisotopic (exact) mass is 764 g/mol. The van der Waals surface area contributed by atoms with Crippen LogP contribution in [0.4, 0.5) is 0 Å². The lowest BCUT2D eigenvalue weighted by atomic mass is 9.79. The summed E-state index contributed by atoms with van der Waals surface area (Å²) in [6.07, 6.45) is 0. The highest BCUT2D eigenvalue weighted by molar-refractivity contribution is 6.23. The van der Waals surface area contributed by atoms with E-state index >= 15 is 0 Å².